The molecule has 0 amide bonds. The molecular weight excluding hydrogens is 198 g/mol. The molecule has 0 bridgehead atoms. The SMILES string of the molecule is NC1(CCC2CCCS2(=O)=O)CCC1. The third-order valence-electron chi connectivity index (χ3n) is 3.78. The van der Waals surface area contributed by atoms with Crippen molar-refractivity contribution in [3.8, 4) is 0 Å². The van der Waals surface area contributed by atoms with Crippen molar-refractivity contribution in [2.45, 2.75) is 55.7 Å². The molecular formula is C10H19NO2S. The molecule has 0 aromatic heterocycles. The maximum absolute atomic E-state index is 11.5. The second kappa shape index (κ2) is 3.49. The van der Waals surface area contributed by atoms with Crippen LogP contribution < -0.4 is 5.73 Å². The summed E-state index contributed by atoms with van der Waals surface area (Å²) in [5.74, 6) is 0.398. The van der Waals surface area contributed by atoms with Crippen LogP contribution in [0.3, 0.4) is 0 Å². The first-order valence-electron chi connectivity index (χ1n) is 5.52. The predicted octanol–water partition coefficient (Wildman–Crippen LogP) is 1.23. The van der Waals surface area contributed by atoms with Crippen molar-refractivity contribution in [1.29, 1.82) is 0 Å². The first-order valence-corrected chi connectivity index (χ1v) is 7.24. The van der Waals surface area contributed by atoms with E-state index in [0.29, 0.717) is 5.75 Å². The van der Waals surface area contributed by atoms with Crippen LogP contribution in [-0.4, -0.2) is 25.0 Å². The monoisotopic (exact) mass is 217 g/mol. The Labute approximate surface area is 86.0 Å². The largest absolute Gasteiger partial charge is 0.325 e. The van der Waals surface area contributed by atoms with Crippen LogP contribution in [0.25, 0.3) is 0 Å². The first kappa shape index (κ1) is 10.4. The van der Waals surface area contributed by atoms with Crippen LogP contribution in [-0.2, 0) is 9.84 Å². The molecule has 1 saturated heterocycles. The fourth-order valence-electron chi connectivity index (χ4n) is 2.51. The van der Waals surface area contributed by atoms with Crippen molar-refractivity contribution in [3.05, 3.63) is 0 Å². The molecule has 1 saturated carbocycles. The number of hydrogen-bond acceptors (Lipinski definition) is 3. The number of sulfone groups is 1. The molecule has 1 heterocycles. The summed E-state index contributed by atoms with van der Waals surface area (Å²) in [4.78, 5) is 0. The summed E-state index contributed by atoms with van der Waals surface area (Å²) < 4.78 is 23.1. The van der Waals surface area contributed by atoms with E-state index < -0.39 is 9.84 Å². The van der Waals surface area contributed by atoms with Gasteiger partial charge in [0.15, 0.2) is 9.84 Å². The zero-order chi connectivity index (χ0) is 10.2. The molecule has 1 atom stereocenters. The van der Waals surface area contributed by atoms with Gasteiger partial charge in [-0.15, -0.1) is 0 Å². The summed E-state index contributed by atoms with van der Waals surface area (Å²) in [6, 6.07) is 0. The van der Waals surface area contributed by atoms with Crippen molar-refractivity contribution < 1.29 is 8.42 Å². The number of rotatable bonds is 3. The van der Waals surface area contributed by atoms with Gasteiger partial charge in [-0.2, -0.15) is 0 Å². The maximum atomic E-state index is 11.5. The van der Waals surface area contributed by atoms with Crippen molar-refractivity contribution in [2.75, 3.05) is 5.75 Å². The van der Waals surface area contributed by atoms with Crippen LogP contribution in [0.1, 0.15) is 44.9 Å². The molecule has 0 aromatic carbocycles. The Morgan fingerprint density at radius 3 is 2.43 bits per heavy atom. The highest BCUT2D eigenvalue weighted by Gasteiger charge is 2.36. The Kier molecular flexibility index (Phi) is 2.60. The zero-order valence-corrected chi connectivity index (χ0v) is 9.35. The number of hydrogen-bond donors (Lipinski definition) is 1. The van der Waals surface area contributed by atoms with E-state index in [-0.39, 0.29) is 10.8 Å². The molecule has 82 valence electrons. The van der Waals surface area contributed by atoms with Gasteiger partial charge in [0.1, 0.15) is 0 Å². The molecule has 1 aliphatic heterocycles. The third kappa shape index (κ3) is 1.96. The Hall–Kier alpha value is -0.0900. The fourth-order valence-corrected chi connectivity index (χ4v) is 4.42. The standard InChI is InChI=1S/C10H19NO2S/c11-10(5-2-6-10)7-4-9-3-1-8-14(9,12)13/h9H,1-8,11H2. The smallest absolute Gasteiger partial charge is 0.153 e. The quantitative estimate of drug-likeness (QED) is 0.773. The van der Waals surface area contributed by atoms with Crippen LogP contribution in [0.5, 0.6) is 0 Å². The van der Waals surface area contributed by atoms with Crippen LogP contribution >= 0.6 is 0 Å². The van der Waals surface area contributed by atoms with E-state index in [1.54, 1.807) is 0 Å². The third-order valence-corrected chi connectivity index (χ3v) is 6.12. The maximum Gasteiger partial charge on any atom is 0.153 e. The second-order valence-corrected chi connectivity index (χ2v) is 7.29. The minimum atomic E-state index is -2.75. The Morgan fingerprint density at radius 2 is 2.00 bits per heavy atom. The summed E-state index contributed by atoms with van der Waals surface area (Å²) in [7, 11) is -2.75. The fraction of sp³-hybridized carbons (Fsp3) is 1.00. The molecule has 1 aliphatic carbocycles. The van der Waals surface area contributed by atoms with E-state index in [1.807, 2.05) is 0 Å². The first-order chi connectivity index (χ1) is 6.52. The number of nitrogens with two attached hydrogens (primary N) is 1. The molecule has 2 N–H and O–H groups in total. The molecule has 14 heavy (non-hydrogen) atoms. The van der Waals surface area contributed by atoms with Gasteiger partial charge in [0, 0.05) is 5.54 Å². The Bertz CT molecular complexity index is 306. The summed E-state index contributed by atoms with van der Waals surface area (Å²) >= 11 is 0. The van der Waals surface area contributed by atoms with Gasteiger partial charge in [-0.3, -0.25) is 0 Å². The average Bonchev–Trinajstić information content (AvgIpc) is 2.38. The van der Waals surface area contributed by atoms with Gasteiger partial charge in [-0.05, 0) is 44.9 Å². The molecule has 2 aliphatic rings. The average molecular weight is 217 g/mol. The summed E-state index contributed by atoms with van der Waals surface area (Å²) in [5, 5.41) is -0.0801. The lowest BCUT2D eigenvalue weighted by atomic mass is 9.74. The van der Waals surface area contributed by atoms with E-state index in [4.69, 9.17) is 5.73 Å². The van der Waals surface area contributed by atoms with Crippen molar-refractivity contribution in [2.24, 2.45) is 5.73 Å². The van der Waals surface area contributed by atoms with Gasteiger partial charge in [0.25, 0.3) is 0 Å². The second-order valence-electron chi connectivity index (χ2n) is 4.89. The van der Waals surface area contributed by atoms with Gasteiger partial charge < -0.3 is 5.73 Å². The van der Waals surface area contributed by atoms with E-state index in [0.717, 1.165) is 38.5 Å². The van der Waals surface area contributed by atoms with Gasteiger partial charge in [0.2, 0.25) is 0 Å². The molecule has 0 radical (unpaired) electrons. The Morgan fingerprint density at radius 1 is 1.29 bits per heavy atom. The van der Waals surface area contributed by atoms with E-state index in [2.05, 4.69) is 0 Å². The highest BCUT2D eigenvalue weighted by Crippen LogP contribution is 2.35. The molecule has 3 nitrogen and oxygen atoms in total. The lowest BCUT2D eigenvalue weighted by Crippen LogP contribution is -2.47. The molecule has 0 spiro atoms. The van der Waals surface area contributed by atoms with E-state index in [1.165, 1.54) is 6.42 Å². The molecule has 0 aromatic rings. The lowest BCUT2D eigenvalue weighted by molar-refractivity contribution is 0.225. The van der Waals surface area contributed by atoms with Crippen LogP contribution in [0.2, 0.25) is 0 Å². The van der Waals surface area contributed by atoms with Crippen LogP contribution in [0.4, 0.5) is 0 Å². The molecule has 2 rings (SSSR count). The van der Waals surface area contributed by atoms with Gasteiger partial charge in [-0.1, -0.05) is 0 Å². The van der Waals surface area contributed by atoms with Crippen molar-refractivity contribution in [1.82, 2.24) is 0 Å². The summed E-state index contributed by atoms with van der Waals surface area (Å²) in [6.07, 6.45) is 6.78. The minimum absolute atomic E-state index is 0.0158. The highest BCUT2D eigenvalue weighted by atomic mass is 32.2. The van der Waals surface area contributed by atoms with Gasteiger partial charge >= 0.3 is 0 Å². The minimum Gasteiger partial charge on any atom is -0.325 e. The lowest BCUT2D eigenvalue weighted by Gasteiger charge is -2.38. The molecule has 4 heteroatoms. The molecule has 1 unspecified atom stereocenters. The summed E-state index contributed by atoms with van der Waals surface area (Å²) in [6.45, 7) is 0. The molecule has 2 fully saturated rings. The predicted molar refractivity (Wildman–Crippen MR) is 56.8 cm³/mol. The van der Waals surface area contributed by atoms with E-state index >= 15 is 0 Å². The Balaban J connectivity index is 1.86. The van der Waals surface area contributed by atoms with Crippen molar-refractivity contribution >= 4 is 9.84 Å². The van der Waals surface area contributed by atoms with E-state index in [9.17, 15) is 8.42 Å². The van der Waals surface area contributed by atoms with Gasteiger partial charge in [0.05, 0.1) is 11.0 Å². The van der Waals surface area contributed by atoms with Crippen LogP contribution in [0, 0.1) is 0 Å². The topological polar surface area (TPSA) is 60.2 Å². The summed E-state index contributed by atoms with van der Waals surface area (Å²) in [5.41, 5.74) is 6.06. The van der Waals surface area contributed by atoms with Crippen LogP contribution in [0.15, 0.2) is 0 Å². The normalized spacial score (nSPS) is 33.9. The van der Waals surface area contributed by atoms with Gasteiger partial charge in [-0.25, -0.2) is 8.42 Å². The highest BCUT2D eigenvalue weighted by molar-refractivity contribution is 7.92. The van der Waals surface area contributed by atoms with Crippen molar-refractivity contribution in [3.63, 3.8) is 0 Å². The zero-order valence-electron chi connectivity index (χ0n) is 8.54.